The van der Waals surface area contributed by atoms with Gasteiger partial charge in [-0.25, -0.2) is 8.78 Å². The van der Waals surface area contributed by atoms with Gasteiger partial charge in [0, 0.05) is 41.2 Å². The maximum atomic E-state index is 13.8. The van der Waals surface area contributed by atoms with Crippen molar-refractivity contribution in [2.75, 3.05) is 37.4 Å². The van der Waals surface area contributed by atoms with E-state index in [1.54, 1.807) is 4.90 Å². The molecular formula is C22H21F2N3O3S. The highest BCUT2D eigenvalue weighted by Gasteiger charge is 2.19. The van der Waals surface area contributed by atoms with Crippen LogP contribution in [0.1, 0.15) is 0 Å². The van der Waals surface area contributed by atoms with Crippen LogP contribution < -0.4 is 5.32 Å². The third-order valence-corrected chi connectivity index (χ3v) is 6.03. The van der Waals surface area contributed by atoms with Gasteiger partial charge in [-0.3, -0.25) is 9.59 Å². The van der Waals surface area contributed by atoms with E-state index in [1.807, 2.05) is 35.0 Å². The predicted octanol–water partition coefficient (Wildman–Crippen LogP) is 3.51. The molecule has 9 heteroatoms. The number of aromatic nitrogens is 1. The number of para-hydroxylation sites is 1. The number of benzene rings is 2. The van der Waals surface area contributed by atoms with E-state index in [-0.39, 0.29) is 23.9 Å². The first-order valence-electron chi connectivity index (χ1n) is 9.82. The standard InChI is InChI=1S/C22H21F2N3O3S/c23-15-5-6-18(17(24)11-15)25-21(28)14-31-20-12-27(19-4-2-1-3-16(19)20)13-22(29)26-7-9-30-10-8-26/h1-6,11-12H,7-10,13-14H2,(H,25,28). The van der Waals surface area contributed by atoms with Crippen LogP contribution in [0.15, 0.2) is 53.6 Å². The van der Waals surface area contributed by atoms with Crippen LogP contribution in [0.3, 0.4) is 0 Å². The number of carbonyl (C=O) groups excluding carboxylic acids is 2. The Bertz CT molecular complexity index is 1110. The number of halogens is 2. The summed E-state index contributed by atoms with van der Waals surface area (Å²) in [6.45, 7) is 2.46. The van der Waals surface area contributed by atoms with Crippen LogP contribution in [0.2, 0.25) is 0 Å². The molecule has 0 spiro atoms. The Labute approximate surface area is 182 Å². The predicted molar refractivity (Wildman–Crippen MR) is 115 cm³/mol. The maximum Gasteiger partial charge on any atom is 0.242 e. The lowest BCUT2D eigenvalue weighted by atomic mass is 10.2. The number of hydrogen-bond donors (Lipinski definition) is 1. The number of rotatable bonds is 6. The summed E-state index contributed by atoms with van der Waals surface area (Å²) in [4.78, 5) is 27.6. The number of fused-ring (bicyclic) bond motifs is 1. The van der Waals surface area contributed by atoms with Crippen LogP contribution in [0, 0.1) is 11.6 Å². The first kappa shape index (κ1) is 21.3. The Morgan fingerprint density at radius 3 is 2.65 bits per heavy atom. The molecule has 162 valence electrons. The van der Waals surface area contributed by atoms with Crippen molar-refractivity contribution in [1.82, 2.24) is 9.47 Å². The van der Waals surface area contributed by atoms with Gasteiger partial charge in [-0.05, 0) is 18.2 Å². The van der Waals surface area contributed by atoms with Gasteiger partial charge in [0.2, 0.25) is 11.8 Å². The molecule has 4 rings (SSSR count). The molecule has 2 aromatic carbocycles. The molecule has 3 aromatic rings. The second-order valence-electron chi connectivity index (χ2n) is 7.09. The summed E-state index contributed by atoms with van der Waals surface area (Å²) in [7, 11) is 0. The fraction of sp³-hybridized carbons (Fsp3) is 0.273. The zero-order valence-corrected chi connectivity index (χ0v) is 17.5. The van der Waals surface area contributed by atoms with Crippen LogP contribution in [-0.2, 0) is 20.9 Å². The lowest BCUT2D eigenvalue weighted by Gasteiger charge is -2.27. The molecule has 0 bridgehead atoms. The van der Waals surface area contributed by atoms with Crippen LogP contribution in [0.4, 0.5) is 14.5 Å². The van der Waals surface area contributed by atoms with Crippen molar-refractivity contribution in [2.45, 2.75) is 11.4 Å². The number of hydrogen-bond acceptors (Lipinski definition) is 4. The Hall–Kier alpha value is -2.91. The van der Waals surface area contributed by atoms with E-state index in [0.717, 1.165) is 27.9 Å². The maximum absolute atomic E-state index is 13.8. The van der Waals surface area contributed by atoms with E-state index in [2.05, 4.69) is 5.32 Å². The minimum atomic E-state index is -0.823. The van der Waals surface area contributed by atoms with Gasteiger partial charge in [-0.1, -0.05) is 18.2 Å². The molecule has 2 heterocycles. The molecular weight excluding hydrogens is 424 g/mol. The third kappa shape index (κ3) is 5.05. The largest absolute Gasteiger partial charge is 0.378 e. The zero-order valence-electron chi connectivity index (χ0n) is 16.6. The number of thioether (sulfide) groups is 1. The number of morpholine rings is 1. The molecule has 0 unspecified atom stereocenters. The molecule has 1 aliphatic heterocycles. The van der Waals surface area contributed by atoms with Crippen molar-refractivity contribution in [2.24, 2.45) is 0 Å². The molecule has 1 aromatic heterocycles. The van der Waals surface area contributed by atoms with Gasteiger partial charge in [0.15, 0.2) is 0 Å². The van der Waals surface area contributed by atoms with Gasteiger partial charge in [0.05, 0.1) is 24.7 Å². The van der Waals surface area contributed by atoms with Gasteiger partial charge >= 0.3 is 0 Å². The van der Waals surface area contributed by atoms with Crippen molar-refractivity contribution in [3.05, 3.63) is 60.3 Å². The molecule has 1 saturated heterocycles. The van der Waals surface area contributed by atoms with Crippen LogP contribution >= 0.6 is 11.8 Å². The average Bonchev–Trinajstić information content (AvgIpc) is 3.12. The second kappa shape index (κ2) is 9.49. The summed E-state index contributed by atoms with van der Waals surface area (Å²) in [6.07, 6.45) is 1.86. The molecule has 1 aliphatic rings. The molecule has 31 heavy (non-hydrogen) atoms. The van der Waals surface area contributed by atoms with E-state index in [9.17, 15) is 18.4 Å². The Balaban J connectivity index is 1.45. The molecule has 0 aliphatic carbocycles. The number of anilines is 1. The topological polar surface area (TPSA) is 63.6 Å². The molecule has 0 radical (unpaired) electrons. The quantitative estimate of drug-likeness (QED) is 0.590. The fourth-order valence-corrected chi connectivity index (χ4v) is 4.33. The molecule has 1 N–H and O–H groups in total. The van der Waals surface area contributed by atoms with Gasteiger partial charge in [-0.15, -0.1) is 11.8 Å². The van der Waals surface area contributed by atoms with Crippen LogP contribution in [-0.4, -0.2) is 53.3 Å². The first-order chi connectivity index (χ1) is 15.0. The van der Waals surface area contributed by atoms with Gasteiger partial charge < -0.3 is 19.5 Å². The number of nitrogens with one attached hydrogen (secondary N) is 1. The second-order valence-corrected chi connectivity index (χ2v) is 8.11. The SMILES string of the molecule is O=C(CSc1cn(CC(=O)N2CCOCC2)c2ccccc12)Nc1ccc(F)cc1F. The smallest absolute Gasteiger partial charge is 0.242 e. The summed E-state index contributed by atoms with van der Waals surface area (Å²) in [6, 6.07) is 10.7. The molecule has 1 fully saturated rings. The van der Waals surface area contributed by atoms with E-state index < -0.39 is 17.5 Å². The van der Waals surface area contributed by atoms with Crippen molar-refractivity contribution in [1.29, 1.82) is 0 Å². The highest BCUT2D eigenvalue weighted by molar-refractivity contribution is 8.00. The van der Waals surface area contributed by atoms with Crippen LogP contribution in [0.25, 0.3) is 10.9 Å². The minimum Gasteiger partial charge on any atom is -0.378 e. The Kier molecular flexibility index (Phi) is 6.53. The van der Waals surface area contributed by atoms with Crippen molar-refractivity contribution in [3.63, 3.8) is 0 Å². The summed E-state index contributed by atoms with van der Waals surface area (Å²) < 4.78 is 34.0. The Morgan fingerprint density at radius 1 is 1.10 bits per heavy atom. The van der Waals surface area contributed by atoms with Crippen molar-refractivity contribution in [3.8, 4) is 0 Å². The first-order valence-corrected chi connectivity index (χ1v) is 10.8. The molecule has 0 atom stereocenters. The van der Waals surface area contributed by atoms with Gasteiger partial charge in [0.1, 0.15) is 18.2 Å². The monoisotopic (exact) mass is 445 g/mol. The lowest BCUT2D eigenvalue weighted by molar-refractivity contribution is -0.135. The number of ether oxygens (including phenoxy) is 1. The highest BCUT2D eigenvalue weighted by Crippen LogP contribution is 2.30. The van der Waals surface area contributed by atoms with E-state index in [1.165, 1.54) is 17.8 Å². The summed E-state index contributed by atoms with van der Waals surface area (Å²) in [5.41, 5.74) is 0.835. The van der Waals surface area contributed by atoms with E-state index in [0.29, 0.717) is 26.3 Å². The summed E-state index contributed by atoms with van der Waals surface area (Å²) >= 11 is 1.30. The average molecular weight is 445 g/mol. The number of carbonyl (C=O) groups is 2. The van der Waals surface area contributed by atoms with E-state index >= 15 is 0 Å². The third-order valence-electron chi connectivity index (χ3n) is 4.99. The van der Waals surface area contributed by atoms with Crippen molar-refractivity contribution >= 4 is 40.2 Å². The number of amides is 2. The zero-order chi connectivity index (χ0) is 21.8. The lowest BCUT2D eigenvalue weighted by Crippen LogP contribution is -2.42. The minimum absolute atomic E-state index is 0.0186. The molecule has 6 nitrogen and oxygen atoms in total. The van der Waals surface area contributed by atoms with Gasteiger partial charge in [-0.2, -0.15) is 0 Å². The highest BCUT2D eigenvalue weighted by atomic mass is 32.2. The fourth-order valence-electron chi connectivity index (χ4n) is 3.44. The molecule has 0 saturated carbocycles. The summed E-state index contributed by atoms with van der Waals surface area (Å²) in [5, 5.41) is 3.39. The Morgan fingerprint density at radius 2 is 1.87 bits per heavy atom. The van der Waals surface area contributed by atoms with Gasteiger partial charge in [0.25, 0.3) is 0 Å². The van der Waals surface area contributed by atoms with E-state index in [4.69, 9.17) is 4.74 Å². The summed E-state index contributed by atoms with van der Waals surface area (Å²) in [5.74, 6) is -1.87. The van der Waals surface area contributed by atoms with Crippen LogP contribution in [0.5, 0.6) is 0 Å². The van der Waals surface area contributed by atoms with Crippen molar-refractivity contribution < 1.29 is 23.1 Å². The molecule has 2 amide bonds. The normalized spacial score (nSPS) is 14.1. The number of nitrogens with zero attached hydrogens (tertiary/aromatic N) is 2.